The minimum atomic E-state index is 0.00961. The van der Waals surface area contributed by atoms with Gasteiger partial charge in [-0.15, -0.1) is 0 Å². The molecule has 0 bridgehead atoms. The highest BCUT2D eigenvalue weighted by molar-refractivity contribution is 5.89. The zero-order valence-electron chi connectivity index (χ0n) is 11.0. The molecule has 2 heterocycles. The lowest BCUT2D eigenvalue weighted by molar-refractivity contribution is -0.117. The number of nitrogens with zero attached hydrogens (tertiary/aromatic N) is 1. The van der Waals surface area contributed by atoms with E-state index >= 15 is 0 Å². The van der Waals surface area contributed by atoms with Crippen molar-refractivity contribution in [3.05, 3.63) is 17.9 Å². The van der Waals surface area contributed by atoms with Gasteiger partial charge in [0.1, 0.15) is 5.76 Å². The molecule has 100 valence electrons. The number of carbonyl (C=O) groups excluding carboxylic acids is 1. The number of hydrogen-bond donors (Lipinski definition) is 2. The van der Waals surface area contributed by atoms with Crippen LogP contribution in [0.3, 0.4) is 0 Å². The first-order valence-corrected chi connectivity index (χ1v) is 6.46. The third-order valence-corrected chi connectivity index (χ3v) is 3.26. The zero-order valence-corrected chi connectivity index (χ0v) is 11.0. The van der Waals surface area contributed by atoms with Crippen LogP contribution >= 0.6 is 0 Å². The van der Waals surface area contributed by atoms with Crippen LogP contribution in [-0.4, -0.2) is 43.0 Å². The van der Waals surface area contributed by atoms with Gasteiger partial charge in [0, 0.05) is 44.7 Å². The molecular formula is C13H21N3O2. The van der Waals surface area contributed by atoms with Crippen molar-refractivity contribution in [1.82, 2.24) is 10.2 Å². The largest absolute Gasteiger partial charge is 0.446 e. The number of anilines is 1. The van der Waals surface area contributed by atoms with E-state index in [-0.39, 0.29) is 11.9 Å². The zero-order chi connectivity index (χ0) is 13.0. The standard InChI is InChI=1S/C13H21N3O2/c1-10(16-7-5-14-6-8-16)9-12(17)15-13-4-3-11(2)18-13/h3-4,10,14H,5-9H2,1-2H3,(H,15,17). The van der Waals surface area contributed by atoms with Crippen LogP contribution in [0.4, 0.5) is 5.88 Å². The van der Waals surface area contributed by atoms with E-state index < -0.39 is 0 Å². The van der Waals surface area contributed by atoms with Gasteiger partial charge in [0.25, 0.3) is 0 Å². The van der Waals surface area contributed by atoms with Crippen LogP contribution in [0.2, 0.25) is 0 Å². The van der Waals surface area contributed by atoms with Gasteiger partial charge < -0.3 is 9.73 Å². The fraction of sp³-hybridized carbons (Fsp3) is 0.615. The summed E-state index contributed by atoms with van der Waals surface area (Å²) in [6.07, 6.45) is 0.500. The van der Waals surface area contributed by atoms with E-state index in [9.17, 15) is 4.79 Å². The number of amides is 1. The highest BCUT2D eigenvalue weighted by Gasteiger charge is 2.19. The summed E-state index contributed by atoms with van der Waals surface area (Å²) < 4.78 is 5.33. The first-order chi connectivity index (χ1) is 8.65. The number of furan rings is 1. The molecule has 1 amide bonds. The summed E-state index contributed by atoms with van der Waals surface area (Å²) in [7, 11) is 0. The second kappa shape index (κ2) is 6.02. The molecule has 5 heteroatoms. The molecule has 5 nitrogen and oxygen atoms in total. The van der Waals surface area contributed by atoms with E-state index in [4.69, 9.17) is 4.42 Å². The molecule has 2 rings (SSSR count). The van der Waals surface area contributed by atoms with Gasteiger partial charge in [0.05, 0.1) is 0 Å². The SMILES string of the molecule is Cc1ccc(NC(=O)CC(C)N2CCNCC2)o1. The van der Waals surface area contributed by atoms with Crippen molar-refractivity contribution in [1.29, 1.82) is 0 Å². The Bertz CT molecular complexity index is 397. The van der Waals surface area contributed by atoms with E-state index in [1.165, 1.54) is 0 Å². The highest BCUT2D eigenvalue weighted by Crippen LogP contribution is 2.13. The fourth-order valence-corrected chi connectivity index (χ4v) is 2.21. The third-order valence-electron chi connectivity index (χ3n) is 3.26. The van der Waals surface area contributed by atoms with Crippen molar-refractivity contribution < 1.29 is 9.21 Å². The quantitative estimate of drug-likeness (QED) is 0.844. The molecule has 1 aromatic rings. The Morgan fingerprint density at radius 3 is 2.83 bits per heavy atom. The predicted molar refractivity (Wildman–Crippen MR) is 70.6 cm³/mol. The molecule has 0 aliphatic carbocycles. The molecule has 1 atom stereocenters. The molecule has 18 heavy (non-hydrogen) atoms. The van der Waals surface area contributed by atoms with Crippen LogP contribution in [0, 0.1) is 6.92 Å². The molecule has 0 spiro atoms. The average molecular weight is 251 g/mol. The maximum atomic E-state index is 11.9. The lowest BCUT2D eigenvalue weighted by Gasteiger charge is -2.32. The third kappa shape index (κ3) is 3.58. The molecule has 1 fully saturated rings. The summed E-state index contributed by atoms with van der Waals surface area (Å²) in [6, 6.07) is 3.89. The van der Waals surface area contributed by atoms with Gasteiger partial charge >= 0.3 is 0 Å². The fourth-order valence-electron chi connectivity index (χ4n) is 2.21. The monoisotopic (exact) mass is 251 g/mol. The number of carbonyl (C=O) groups is 1. The molecule has 1 saturated heterocycles. The maximum Gasteiger partial charge on any atom is 0.228 e. The van der Waals surface area contributed by atoms with Gasteiger partial charge in [0.15, 0.2) is 5.88 Å². The number of nitrogens with one attached hydrogen (secondary N) is 2. The normalized spacial score (nSPS) is 18.6. The van der Waals surface area contributed by atoms with Crippen molar-refractivity contribution in [2.24, 2.45) is 0 Å². The average Bonchev–Trinajstić information content (AvgIpc) is 2.75. The van der Waals surface area contributed by atoms with Crippen LogP contribution in [0.5, 0.6) is 0 Å². The van der Waals surface area contributed by atoms with E-state index in [1.807, 2.05) is 13.0 Å². The van der Waals surface area contributed by atoms with E-state index in [1.54, 1.807) is 6.07 Å². The first kappa shape index (κ1) is 13.1. The number of piperazine rings is 1. The predicted octanol–water partition coefficient (Wildman–Crippen LogP) is 1.21. The van der Waals surface area contributed by atoms with Crippen molar-refractivity contribution in [2.45, 2.75) is 26.3 Å². The van der Waals surface area contributed by atoms with Gasteiger partial charge in [-0.25, -0.2) is 0 Å². The summed E-state index contributed by atoms with van der Waals surface area (Å²) in [5, 5.41) is 6.09. The topological polar surface area (TPSA) is 57.5 Å². The molecule has 0 radical (unpaired) electrons. The summed E-state index contributed by atoms with van der Waals surface area (Å²) in [5.41, 5.74) is 0. The Morgan fingerprint density at radius 1 is 1.50 bits per heavy atom. The van der Waals surface area contributed by atoms with Crippen molar-refractivity contribution in [3.63, 3.8) is 0 Å². The molecule has 1 aromatic heterocycles. The Balaban J connectivity index is 1.79. The van der Waals surface area contributed by atoms with Crippen LogP contribution < -0.4 is 10.6 Å². The van der Waals surface area contributed by atoms with E-state index in [2.05, 4.69) is 22.5 Å². The summed E-state index contributed by atoms with van der Waals surface area (Å²) >= 11 is 0. The van der Waals surface area contributed by atoms with Crippen LogP contribution in [0.1, 0.15) is 19.1 Å². The minimum absolute atomic E-state index is 0.00961. The minimum Gasteiger partial charge on any atom is -0.446 e. The Kier molecular flexibility index (Phi) is 4.38. The van der Waals surface area contributed by atoms with E-state index in [0.29, 0.717) is 12.3 Å². The van der Waals surface area contributed by atoms with Crippen LogP contribution in [0.25, 0.3) is 0 Å². The number of rotatable bonds is 4. The highest BCUT2D eigenvalue weighted by atomic mass is 16.4. The second-order valence-corrected chi connectivity index (χ2v) is 4.80. The lowest BCUT2D eigenvalue weighted by Crippen LogP contribution is -2.48. The number of aryl methyl sites for hydroxylation is 1. The number of hydrogen-bond acceptors (Lipinski definition) is 4. The van der Waals surface area contributed by atoms with Crippen LogP contribution in [-0.2, 0) is 4.79 Å². The Morgan fingerprint density at radius 2 is 2.22 bits per heavy atom. The molecule has 2 N–H and O–H groups in total. The van der Waals surface area contributed by atoms with Gasteiger partial charge in [-0.2, -0.15) is 0 Å². The van der Waals surface area contributed by atoms with Crippen molar-refractivity contribution >= 4 is 11.8 Å². The lowest BCUT2D eigenvalue weighted by atomic mass is 10.1. The van der Waals surface area contributed by atoms with Gasteiger partial charge in [-0.3, -0.25) is 15.0 Å². The Labute approximate surface area is 108 Å². The van der Waals surface area contributed by atoms with Gasteiger partial charge in [0.2, 0.25) is 5.91 Å². The van der Waals surface area contributed by atoms with E-state index in [0.717, 1.165) is 31.9 Å². The Hall–Kier alpha value is -1.33. The molecule has 1 unspecified atom stereocenters. The second-order valence-electron chi connectivity index (χ2n) is 4.80. The maximum absolute atomic E-state index is 11.9. The molecular weight excluding hydrogens is 230 g/mol. The van der Waals surface area contributed by atoms with Gasteiger partial charge in [-0.1, -0.05) is 0 Å². The smallest absolute Gasteiger partial charge is 0.228 e. The molecule has 1 aliphatic heterocycles. The molecule has 1 aliphatic rings. The summed E-state index contributed by atoms with van der Waals surface area (Å²) in [4.78, 5) is 14.2. The first-order valence-electron chi connectivity index (χ1n) is 6.46. The van der Waals surface area contributed by atoms with Crippen molar-refractivity contribution in [3.8, 4) is 0 Å². The van der Waals surface area contributed by atoms with Crippen LogP contribution in [0.15, 0.2) is 16.5 Å². The van der Waals surface area contributed by atoms with Crippen molar-refractivity contribution in [2.75, 3.05) is 31.5 Å². The summed E-state index contributed by atoms with van der Waals surface area (Å²) in [6.45, 7) is 7.98. The molecule has 0 saturated carbocycles. The van der Waals surface area contributed by atoms with Gasteiger partial charge in [-0.05, 0) is 19.9 Å². The molecule has 0 aromatic carbocycles. The summed E-state index contributed by atoms with van der Waals surface area (Å²) in [5.74, 6) is 1.35.